The van der Waals surface area contributed by atoms with Crippen molar-refractivity contribution < 1.29 is 21.6 Å². The minimum absolute atomic E-state index is 0.184. The molecule has 0 saturated heterocycles. The molecule has 0 saturated carbocycles. The molecular weight excluding hydrogens is 251 g/mol. The lowest BCUT2D eigenvalue weighted by atomic mass is 10.7. The number of halogens is 4. The highest BCUT2D eigenvalue weighted by Gasteiger charge is 2.35. The molecule has 9 heteroatoms. The first-order valence-corrected chi connectivity index (χ1v) is 5.87. The number of nitrogens with zero attached hydrogens (tertiary/aromatic N) is 1. The molecule has 74 valence electrons. The van der Waals surface area contributed by atoms with E-state index in [0.717, 1.165) is 5.38 Å². The quantitative estimate of drug-likeness (QED) is 0.718. The SMILES string of the molecule is O=S(=O)(Cl)c1csc(C(F)(F)F)n1. The van der Waals surface area contributed by atoms with Gasteiger partial charge in [0.25, 0.3) is 9.05 Å². The monoisotopic (exact) mass is 251 g/mol. The highest BCUT2D eigenvalue weighted by atomic mass is 35.7. The van der Waals surface area contributed by atoms with E-state index in [2.05, 4.69) is 4.98 Å². The van der Waals surface area contributed by atoms with E-state index >= 15 is 0 Å². The molecule has 0 fully saturated rings. The molecule has 0 aromatic carbocycles. The third-order valence-electron chi connectivity index (χ3n) is 0.975. The highest BCUT2D eigenvalue weighted by molar-refractivity contribution is 8.13. The predicted octanol–water partition coefficient (Wildman–Crippen LogP) is 2.09. The fourth-order valence-electron chi connectivity index (χ4n) is 0.501. The molecule has 13 heavy (non-hydrogen) atoms. The van der Waals surface area contributed by atoms with Crippen LogP contribution < -0.4 is 0 Å². The number of rotatable bonds is 1. The lowest BCUT2D eigenvalue weighted by Gasteiger charge is -1.98. The summed E-state index contributed by atoms with van der Waals surface area (Å²) in [6.07, 6.45) is -4.63. The lowest BCUT2D eigenvalue weighted by Crippen LogP contribution is -2.04. The molecule has 0 bridgehead atoms. The maximum absolute atomic E-state index is 11.9. The Morgan fingerprint density at radius 3 is 2.23 bits per heavy atom. The van der Waals surface area contributed by atoms with Crippen molar-refractivity contribution in [2.45, 2.75) is 11.2 Å². The Kier molecular flexibility index (Phi) is 2.56. The molecule has 0 amide bonds. The molecule has 0 N–H and O–H groups in total. The largest absolute Gasteiger partial charge is 0.443 e. The van der Waals surface area contributed by atoms with Gasteiger partial charge >= 0.3 is 6.18 Å². The zero-order valence-corrected chi connectivity index (χ0v) is 8.06. The predicted molar refractivity (Wildman–Crippen MR) is 40.2 cm³/mol. The first-order chi connectivity index (χ1) is 5.71. The van der Waals surface area contributed by atoms with Gasteiger partial charge in [0.05, 0.1) is 0 Å². The van der Waals surface area contributed by atoms with E-state index in [1.807, 2.05) is 0 Å². The van der Waals surface area contributed by atoms with Crippen molar-refractivity contribution in [1.29, 1.82) is 0 Å². The molecule has 1 rings (SSSR count). The zero-order valence-electron chi connectivity index (χ0n) is 5.67. The Hall–Kier alpha value is -0.340. The van der Waals surface area contributed by atoms with E-state index in [4.69, 9.17) is 10.7 Å². The van der Waals surface area contributed by atoms with Crippen LogP contribution in [-0.2, 0) is 15.2 Å². The number of hydrogen-bond donors (Lipinski definition) is 0. The third-order valence-corrected chi connectivity index (χ3v) is 3.19. The molecule has 3 nitrogen and oxygen atoms in total. The Morgan fingerprint density at radius 2 is 2.00 bits per heavy atom. The second-order valence-corrected chi connectivity index (χ2v) is 5.30. The molecule has 1 aromatic heterocycles. The van der Waals surface area contributed by atoms with E-state index < -0.39 is 25.3 Å². The average Bonchev–Trinajstić information content (AvgIpc) is 2.28. The summed E-state index contributed by atoms with van der Waals surface area (Å²) < 4.78 is 56.7. The van der Waals surface area contributed by atoms with Crippen molar-refractivity contribution in [3.8, 4) is 0 Å². The Morgan fingerprint density at radius 1 is 1.46 bits per heavy atom. The van der Waals surface area contributed by atoms with Gasteiger partial charge in [-0.25, -0.2) is 13.4 Å². The third kappa shape index (κ3) is 2.55. The van der Waals surface area contributed by atoms with Crippen molar-refractivity contribution >= 4 is 31.1 Å². The summed E-state index contributed by atoms with van der Waals surface area (Å²) >= 11 is 0.184. The van der Waals surface area contributed by atoms with E-state index in [0.29, 0.717) is 0 Å². The van der Waals surface area contributed by atoms with Crippen LogP contribution in [0.1, 0.15) is 5.01 Å². The van der Waals surface area contributed by atoms with Crippen LogP contribution in [0.4, 0.5) is 13.2 Å². The molecule has 1 aromatic rings. The maximum atomic E-state index is 11.9. The van der Waals surface area contributed by atoms with Gasteiger partial charge in [-0.3, -0.25) is 0 Å². The molecule has 0 atom stereocenters. The Bertz CT molecular complexity index is 409. The highest BCUT2D eigenvalue weighted by Crippen LogP contribution is 2.33. The molecule has 0 aliphatic rings. The first kappa shape index (κ1) is 10.7. The molecule has 0 unspecified atom stereocenters. The van der Waals surface area contributed by atoms with Gasteiger partial charge in [0, 0.05) is 16.1 Å². The topological polar surface area (TPSA) is 47.0 Å². The number of alkyl halides is 3. The van der Waals surface area contributed by atoms with E-state index in [9.17, 15) is 21.6 Å². The summed E-state index contributed by atoms with van der Waals surface area (Å²) in [6, 6.07) is 0. The lowest BCUT2D eigenvalue weighted by molar-refractivity contribution is -0.137. The summed E-state index contributed by atoms with van der Waals surface area (Å²) in [5.41, 5.74) is 0. The second-order valence-electron chi connectivity index (χ2n) is 1.93. The Balaban J connectivity index is 3.16. The standard InChI is InChI=1S/C4HClF3NO2S2/c5-13(10,11)2-1-12-3(9-2)4(6,7)8/h1H. The van der Waals surface area contributed by atoms with Crippen LogP contribution in [0.2, 0.25) is 0 Å². The fourth-order valence-corrected chi connectivity index (χ4v) is 2.34. The number of aromatic nitrogens is 1. The van der Waals surface area contributed by atoms with Gasteiger partial charge in [0.1, 0.15) is 0 Å². The molecule has 1 heterocycles. The van der Waals surface area contributed by atoms with Crippen LogP contribution in [0.3, 0.4) is 0 Å². The van der Waals surface area contributed by atoms with Crippen molar-refractivity contribution in [2.75, 3.05) is 0 Å². The van der Waals surface area contributed by atoms with Gasteiger partial charge in [0.2, 0.25) is 0 Å². The molecule has 0 spiro atoms. The Labute approximate surface area is 79.6 Å². The smallest absolute Gasteiger partial charge is 0.219 e. The van der Waals surface area contributed by atoms with Crippen molar-refractivity contribution in [1.82, 2.24) is 4.98 Å². The second kappa shape index (κ2) is 3.10. The summed E-state index contributed by atoms with van der Waals surface area (Å²) in [5.74, 6) is 0. The van der Waals surface area contributed by atoms with Crippen LogP contribution in [0.5, 0.6) is 0 Å². The molecule has 0 aliphatic heterocycles. The van der Waals surface area contributed by atoms with Crippen molar-refractivity contribution in [3.63, 3.8) is 0 Å². The van der Waals surface area contributed by atoms with Crippen LogP contribution >= 0.6 is 22.0 Å². The maximum Gasteiger partial charge on any atom is 0.443 e. The number of thiazole rings is 1. The van der Waals surface area contributed by atoms with Crippen LogP contribution in [0.15, 0.2) is 10.4 Å². The normalized spacial score (nSPS) is 13.2. The summed E-state index contributed by atoms with van der Waals surface area (Å²) in [4.78, 5) is 2.83. The summed E-state index contributed by atoms with van der Waals surface area (Å²) in [7, 11) is 0.600. The van der Waals surface area contributed by atoms with E-state index in [1.165, 1.54) is 0 Å². The van der Waals surface area contributed by atoms with Gasteiger partial charge in [-0.1, -0.05) is 0 Å². The number of hydrogen-bond acceptors (Lipinski definition) is 4. The van der Waals surface area contributed by atoms with Crippen LogP contribution in [0.25, 0.3) is 0 Å². The van der Waals surface area contributed by atoms with E-state index in [-0.39, 0.29) is 11.3 Å². The first-order valence-electron chi connectivity index (χ1n) is 2.68. The average molecular weight is 252 g/mol. The molecule has 0 aliphatic carbocycles. The molecular formula is C4HClF3NO2S2. The molecule has 0 radical (unpaired) electrons. The minimum Gasteiger partial charge on any atom is -0.219 e. The van der Waals surface area contributed by atoms with Crippen LogP contribution in [0, 0.1) is 0 Å². The fraction of sp³-hybridized carbons (Fsp3) is 0.250. The summed E-state index contributed by atoms with van der Waals surface area (Å²) in [6.45, 7) is 0. The van der Waals surface area contributed by atoms with Gasteiger partial charge in [-0.05, 0) is 0 Å². The zero-order chi connectivity index (χ0) is 10.3. The van der Waals surface area contributed by atoms with Gasteiger partial charge in [0.15, 0.2) is 10.0 Å². The van der Waals surface area contributed by atoms with Crippen molar-refractivity contribution in [2.24, 2.45) is 0 Å². The van der Waals surface area contributed by atoms with Crippen LogP contribution in [-0.4, -0.2) is 13.4 Å². The minimum atomic E-state index is -4.63. The van der Waals surface area contributed by atoms with Gasteiger partial charge in [-0.15, -0.1) is 11.3 Å². The van der Waals surface area contributed by atoms with E-state index in [1.54, 1.807) is 0 Å². The summed E-state index contributed by atoms with van der Waals surface area (Å²) in [5, 5.41) is -1.26. The van der Waals surface area contributed by atoms with Crippen molar-refractivity contribution in [3.05, 3.63) is 10.4 Å². The van der Waals surface area contributed by atoms with Gasteiger partial charge in [-0.2, -0.15) is 13.2 Å². The van der Waals surface area contributed by atoms with Gasteiger partial charge < -0.3 is 0 Å².